The summed E-state index contributed by atoms with van der Waals surface area (Å²) in [5, 5.41) is 9.00. The third-order valence-electron chi connectivity index (χ3n) is 1.97. The second-order valence-corrected chi connectivity index (χ2v) is 3.64. The van der Waals surface area contributed by atoms with E-state index in [4.69, 9.17) is 22.6 Å². The van der Waals surface area contributed by atoms with Gasteiger partial charge in [0.25, 0.3) is 0 Å². The van der Waals surface area contributed by atoms with Crippen molar-refractivity contribution < 1.29 is 19.5 Å². The lowest BCUT2D eigenvalue weighted by Crippen LogP contribution is -2.39. The summed E-state index contributed by atoms with van der Waals surface area (Å²) in [5.41, 5.74) is 0.0509. The highest BCUT2D eigenvalue weighted by molar-refractivity contribution is 7.58. The molecule has 1 aromatic carbocycles. The molecule has 2 rings (SSSR count). The summed E-state index contributed by atoms with van der Waals surface area (Å²) in [5.74, 6) is -0.887. The highest BCUT2D eigenvalue weighted by Crippen LogP contribution is 2.19. The van der Waals surface area contributed by atoms with Gasteiger partial charge in [-0.15, -0.1) is 0 Å². The fourth-order valence-electron chi connectivity index (χ4n) is 1.24. The number of nitrogens with zero attached hydrogens (tertiary/aromatic N) is 2. The van der Waals surface area contributed by atoms with Crippen LogP contribution in [0.25, 0.3) is 0 Å². The number of carboxylic acids is 1. The lowest BCUT2D eigenvalue weighted by molar-refractivity contribution is -0.877. The largest absolute Gasteiger partial charge is 0.780 e. The summed E-state index contributed by atoms with van der Waals surface area (Å²) in [6.07, 6.45) is 4.61. The van der Waals surface area contributed by atoms with Crippen LogP contribution in [-0.2, 0) is 12.6 Å². The number of carboxylic acid groups (broad SMARTS) is 1. The van der Waals surface area contributed by atoms with E-state index in [1.165, 1.54) is 23.2 Å². The Morgan fingerprint density at radius 1 is 1.47 bits per heavy atom. The molecule has 1 heterocycles. The van der Waals surface area contributed by atoms with E-state index in [1.54, 1.807) is 24.5 Å². The van der Waals surface area contributed by atoms with E-state index in [-0.39, 0.29) is 11.3 Å². The topological polar surface area (TPSA) is 63.3 Å². The quantitative estimate of drug-likeness (QED) is 0.643. The summed E-state index contributed by atoms with van der Waals surface area (Å²) in [6, 6.07) is 6.10. The van der Waals surface area contributed by atoms with Crippen molar-refractivity contribution in [2.75, 3.05) is 0 Å². The molecule has 0 saturated heterocycles. The minimum Gasteiger partial charge on any atom is -0.780 e. The Kier molecular flexibility index (Phi) is 3.15. The van der Waals surface area contributed by atoms with Gasteiger partial charge in [0, 0.05) is 6.07 Å². The Balaban J connectivity index is 2.37. The molecule has 0 aliphatic heterocycles. The maximum absolute atomic E-state index is 11.0. The predicted octanol–water partition coefficient (Wildman–Crippen LogP) is 0.815. The van der Waals surface area contributed by atoms with Gasteiger partial charge in [-0.2, -0.15) is 4.90 Å². The monoisotopic (exact) mass is 248 g/mol. The average Bonchev–Trinajstić information content (AvgIpc) is 2.30. The van der Waals surface area contributed by atoms with E-state index in [0.29, 0.717) is 4.90 Å². The fraction of sp³-hybridized carbons (Fsp3) is 0. The summed E-state index contributed by atoms with van der Waals surface area (Å²) in [6.45, 7) is 0. The molecule has 0 unspecified atom stereocenters. The number of hydrogen-bond donors (Lipinski definition) is 1. The van der Waals surface area contributed by atoms with Gasteiger partial charge in [-0.1, -0.05) is 11.1 Å². The third kappa shape index (κ3) is 2.67. The van der Waals surface area contributed by atoms with Crippen LogP contribution in [0.4, 0.5) is 0 Å². The van der Waals surface area contributed by atoms with E-state index in [1.807, 2.05) is 0 Å². The minimum absolute atomic E-state index is 0.0509. The highest BCUT2D eigenvalue weighted by Gasteiger charge is 2.13. The van der Waals surface area contributed by atoms with Crippen molar-refractivity contribution in [1.82, 2.24) is 4.98 Å². The molecule has 0 atom stereocenters. The van der Waals surface area contributed by atoms with Gasteiger partial charge in [-0.25, -0.2) is 4.79 Å². The van der Waals surface area contributed by atoms with E-state index in [9.17, 15) is 4.79 Å². The van der Waals surface area contributed by atoms with Crippen molar-refractivity contribution in [1.29, 1.82) is 0 Å². The normalized spacial score (nSPS) is 9.88. The number of rotatable bonds is 3. The van der Waals surface area contributed by atoms with Gasteiger partial charge in [0.1, 0.15) is 18.0 Å². The third-order valence-corrected chi connectivity index (χ3v) is 2.23. The molecule has 0 aliphatic rings. The minimum atomic E-state index is -1.07. The Morgan fingerprint density at radius 3 is 2.94 bits per heavy atom. The van der Waals surface area contributed by atoms with Gasteiger partial charge >= 0.3 is 12.3 Å². The highest BCUT2D eigenvalue weighted by atomic mass is 32.1. The van der Waals surface area contributed by atoms with Gasteiger partial charge in [0.15, 0.2) is 5.75 Å². The van der Waals surface area contributed by atoms with Crippen LogP contribution in [0.15, 0.2) is 47.9 Å². The molecular weight excluding hydrogens is 240 g/mol. The first-order valence-corrected chi connectivity index (χ1v) is 5.11. The zero-order valence-electron chi connectivity index (χ0n) is 8.61. The van der Waals surface area contributed by atoms with Crippen LogP contribution >= 0.6 is 0 Å². The summed E-state index contributed by atoms with van der Waals surface area (Å²) < 4.78 is 1.30. The van der Waals surface area contributed by atoms with E-state index < -0.39 is 5.97 Å². The standard InChI is InChI=1S/C11H8N2O3S/c14-11(15)9-3-2-8(17)6-10(9)16-13-5-1-4-12-7-13/h1-7H,(H-,14,15,17). The molecule has 5 nitrogen and oxygen atoms in total. The maximum atomic E-state index is 11.0. The molecule has 0 radical (unpaired) electrons. The van der Waals surface area contributed by atoms with Crippen molar-refractivity contribution in [3.8, 4) is 5.75 Å². The van der Waals surface area contributed by atoms with Crippen LogP contribution in [0.2, 0.25) is 0 Å². The van der Waals surface area contributed by atoms with E-state index in [0.717, 1.165) is 0 Å². The van der Waals surface area contributed by atoms with Gasteiger partial charge in [-0.3, -0.25) is 4.84 Å². The molecule has 0 aliphatic carbocycles. The van der Waals surface area contributed by atoms with Crippen molar-refractivity contribution in [3.05, 3.63) is 48.5 Å². The molecular formula is C11H8N2O3S. The van der Waals surface area contributed by atoms with Crippen LogP contribution in [0.1, 0.15) is 10.4 Å². The Bertz CT molecular complexity index is 546. The molecule has 1 aromatic heterocycles. The van der Waals surface area contributed by atoms with E-state index >= 15 is 0 Å². The molecule has 17 heavy (non-hydrogen) atoms. The Hall–Kier alpha value is -2.21. The van der Waals surface area contributed by atoms with Crippen molar-refractivity contribution in [2.24, 2.45) is 0 Å². The van der Waals surface area contributed by atoms with Crippen molar-refractivity contribution >= 4 is 18.6 Å². The molecule has 1 N–H and O–H groups in total. The number of aromatic carboxylic acids is 1. The van der Waals surface area contributed by atoms with Crippen molar-refractivity contribution in [3.63, 3.8) is 0 Å². The Morgan fingerprint density at radius 2 is 2.29 bits per heavy atom. The summed E-state index contributed by atoms with van der Waals surface area (Å²) in [4.78, 5) is 20.7. The number of hydrogen-bond acceptors (Lipinski definition) is 4. The van der Waals surface area contributed by atoms with Crippen LogP contribution in [-0.4, -0.2) is 16.1 Å². The fourth-order valence-corrected chi connectivity index (χ4v) is 1.41. The number of aromatic nitrogens is 2. The molecule has 6 heteroatoms. The SMILES string of the molecule is O=C(O)c1ccc([S-])cc1O[n+]1cccnc1. The summed E-state index contributed by atoms with van der Waals surface area (Å²) in [7, 11) is 0. The van der Waals surface area contributed by atoms with Crippen LogP contribution in [0.3, 0.4) is 0 Å². The van der Waals surface area contributed by atoms with Gasteiger partial charge in [0.05, 0.1) is 0 Å². The second-order valence-electron chi connectivity index (χ2n) is 3.17. The zero-order chi connectivity index (χ0) is 12.3. The Labute approximate surface area is 103 Å². The first kappa shape index (κ1) is 11.3. The lowest BCUT2D eigenvalue weighted by atomic mass is 10.2. The van der Waals surface area contributed by atoms with Crippen LogP contribution in [0.5, 0.6) is 5.75 Å². The first-order chi connectivity index (χ1) is 8.16. The lowest BCUT2D eigenvalue weighted by Gasteiger charge is -2.09. The average molecular weight is 248 g/mol. The van der Waals surface area contributed by atoms with Crippen molar-refractivity contribution in [2.45, 2.75) is 4.90 Å². The van der Waals surface area contributed by atoms with E-state index in [2.05, 4.69) is 4.98 Å². The van der Waals surface area contributed by atoms with Gasteiger partial charge < -0.3 is 17.7 Å². The second kappa shape index (κ2) is 4.75. The predicted molar refractivity (Wildman–Crippen MR) is 59.5 cm³/mol. The zero-order valence-corrected chi connectivity index (χ0v) is 9.42. The smallest absolute Gasteiger partial charge is 0.339 e. The van der Waals surface area contributed by atoms with Gasteiger partial charge in [-0.05, 0) is 16.9 Å². The molecule has 0 spiro atoms. The maximum Gasteiger partial charge on any atom is 0.339 e. The van der Waals surface area contributed by atoms with Crippen LogP contribution < -0.4 is 9.57 Å². The molecule has 0 bridgehead atoms. The number of carbonyl (C=O) groups is 1. The first-order valence-electron chi connectivity index (χ1n) is 4.71. The molecule has 0 fully saturated rings. The molecule has 0 saturated carbocycles. The van der Waals surface area contributed by atoms with Crippen LogP contribution in [0, 0.1) is 0 Å². The molecule has 86 valence electrons. The molecule has 0 amide bonds. The number of benzene rings is 1. The summed E-state index contributed by atoms with van der Waals surface area (Å²) >= 11 is 4.96. The van der Waals surface area contributed by atoms with Gasteiger partial charge in [0.2, 0.25) is 0 Å². The molecule has 2 aromatic rings.